The Morgan fingerprint density at radius 1 is 1.42 bits per heavy atom. The Hall–Kier alpha value is -2.37. The Morgan fingerprint density at radius 3 is 2.71 bits per heavy atom. The van der Waals surface area contributed by atoms with Gasteiger partial charge in [-0.25, -0.2) is 14.8 Å². The van der Waals surface area contributed by atoms with Crippen molar-refractivity contribution in [3.63, 3.8) is 0 Å². The minimum Gasteiger partial charge on any atom is -0.462 e. The first kappa shape index (κ1) is 18.0. The average molecular weight is 330 g/mol. The lowest BCUT2D eigenvalue weighted by atomic mass is 10.2. The number of ether oxygens (including phenoxy) is 1. The number of nitrogens with zero attached hydrogens (tertiary/aromatic N) is 3. The van der Waals surface area contributed by atoms with Crippen LogP contribution in [-0.2, 0) is 11.8 Å². The summed E-state index contributed by atoms with van der Waals surface area (Å²) in [7, 11) is 1.95. The number of nitrogens with one attached hydrogen (secondary N) is 1. The molecule has 0 aliphatic rings. The summed E-state index contributed by atoms with van der Waals surface area (Å²) in [5.74, 6) is 0.813. The third kappa shape index (κ3) is 3.58. The van der Waals surface area contributed by atoms with Crippen molar-refractivity contribution in [1.82, 2.24) is 14.5 Å². The molecule has 6 nitrogen and oxygen atoms in total. The Kier molecular flexibility index (Phi) is 5.59. The molecule has 0 radical (unpaired) electrons. The molecule has 0 amide bonds. The van der Waals surface area contributed by atoms with Crippen LogP contribution in [0.4, 0.5) is 5.69 Å². The highest BCUT2D eigenvalue weighted by molar-refractivity contribution is 6.03. The summed E-state index contributed by atoms with van der Waals surface area (Å²) in [6, 6.07) is 0. The van der Waals surface area contributed by atoms with Crippen LogP contribution in [0.1, 0.15) is 56.7 Å². The number of imidazole rings is 1. The fraction of sp³-hybridized carbons (Fsp3) is 0.500. The maximum atomic E-state index is 12.3. The molecule has 0 aliphatic carbocycles. The van der Waals surface area contributed by atoms with Crippen LogP contribution in [0, 0.1) is 0 Å². The van der Waals surface area contributed by atoms with Crippen LogP contribution < -0.4 is 5.32 Å². The zero-order chi connectivity index (χ0) is 17.9. The predicted molar refractivity (Wildman–Crippen MR) is 96.5 cm³/mol. The molecule has 0 atom stereocenters. The molecule has 24 heavy (non-hydrogen) atoms. The molecule has 1 N–H and O–H groups in total. The van der Waals surface area contributed by atoms with Gasteiger partial charge >= 0.3 is 5.97 Å². The van der Waals surface area contributed by atoms with Gasteiger partial charge in [0.1, 0.15) is 16.9 Å². The summed E-state index contributed by atoms with van der Waals surface area (Å²) in [5, 5.41) is 3.31. The van der Waals surface area contributed by atoms with Crippen molar-refractivity contribution in [3.05, 3.63) is 29.2 Å². The lowest BCUT2D eigenvalue weighted by molar-refractivity contribution is 0.0527. The summed E-state index contributed by atoms with van der Waals surface area (Å²) < 4.78 is 7.13. The monoisotopic (exact) mass is 330 g/mol. The number of hydrogen-bond acceptors (Lipinski definition) is 5. The van der Waals surface area contributed by atoms with Crippen LogP contribution in [-0.4, -0.2) is 33.7 Å². The summed E-state index contributed by atoms with van der Waals surface area (Å²) in [6.07, 6.45) is 3.63. The molecule has 2 heterocycles. The van der Waals surface area contributed by atoms with Crippen LogP contribution in [0.5, 0.6) is 0 Å². The standard InChI is InChI=1S/C18H26N4O2/c1-7-24-18(23)13-10-20-17-15(14(13)19-9-8-11(2)3)21-16(12(4)5)22(17)6/h8,10,12H,7,9H2,1-6H3,(H,19,20). The van der Waals surface area contributed by atoms with Gasteiger partial charge in [-0.1, -0.05) is 25.5 Å². The van der Waals surface area contributed by atoms with E-state index in [4.69, 9.17) is 9.72 Å². The van der Waals surface area contributed by atoms with Crippen molar-refractivity contribution in [2.24, 2.45) is 7.05 Å². The van der Waals surface area contributed by atoms with Gasteiger partial charge in [-0.05, 0) is 20.8 Å². The van der Waals surface area contributed by atoms with E-state index in [0.29, 0.717) is 29.9 Å². The van der Waals surface area contributed by atoms with Crippen LogP contribution in [0.25, 0.3) is 11.2 Å². The summed E-state index contributed by atoms with van der Waals surface area (Å²) >= 11 is 0. The largest absolute Gasteiger partial charge is 0.462 e. The molecular formula is C18H26N4O2. The van der Waals surface area contributed by atoms with Crippen molar-refractivity contribution in [1.29, 1.82) is 0 Å². The minimum atomic E-state index is -0.386. The molecule has 0 spiro atoms. The van der Waals surface area contributed by atoms with Gasteiger partial charge in [0, 0.05) is 25.7 Å². The number of carbonyl (C=O) groups excluding carboxylic acids is 1. The third-order valence-electron chi connectivity index (χ3n) is 3.72. The smallest absolute Gasteiger partial charge is 0.341 e. The van der Waals surface area contributed by atoms with Crippen molar-refractivity contribution < 1.29 is 9.53 Å². The fourth-order valence-corrected chi connectivity index (χ4v) is 2.56. The van der Waals surface area contributed by atoms with Crippen molar-refractivity contribution in [2.75, 3.05) is 18.5 Å². The van der Waals surface area contributed by atoms with E-state index in [9.17, 15) is 4.79 Å². The molecule has 0 aliphatic heterocycles. The van der Waals surface area contributed by atoms with E-state index in [0.717, 1.165) is 11.5 Å². The van der Waals surface area contributed by atoms with Gasteiger partial charge in [-0.2, -0.15) is 0 Å². The number of aryl methyl sites for hydroxylation is 1. The van der Waals surface area contributed by atoms with Crippen LogP contribution in [0.15, 0.2) is 17.8 Å². The maximum absolute atomic E-state index is 12.3. The molecule has 2 aromatic heterocycles. The quantitative estimate of drug-likeness (QED) is 0.647. The number of hydrogen-bond donors (Lipinski definition) is 1. The molecule has 0 unspecified atom stereocenters. The number of allylic oxidation sites excluding steroid dienone is 1. The van der Waals surface area contributed by atoms with Gasteiger partial charge < -0.3 is 14.6 Å². The van der Waals surface area contributed by atoms with E-state index in [1.54, 1.807) is 13.1 Å². The third-order valence-corrected chi connectivity index (χ3v) is 3.72. The normalized spacial score (nSPS) is 11.0. The van der Waals surface area contributed by atoms with Crippen LogP contribution in [0.2, 0.25) is 0 Å². The maximum Gasteiger partial charge on any atom is 0.341 e. The molecular weight excluding hydrogens is 304 g/mol. The minimum absolute atomic E-state index is 0.265. The number of anilines is 1. The van der Waals surface area contributed by atoms with Gasteiger partial charge in [0.15, 0.2) is 5.65 Å². The van der Waals surface area contributed by atoms with Crippen LogP contribution in [0.3, 0.4) is 0 Å². The molecule has 0 saturated carbocycles. The Labute approximate surface area is 142 Å². The van der Waals surface area contributed by atoms with Gasteiger partial charge in [-0.15, -0.1) is 0 Å². The lowest BCUT2D eigenvalue weighted by Crippen LogP contribution is -2.11. The van der Waals surface area contributed by atoms with E-state index in [1.807, 2.05) is 25.5 Å². The topological polar surface area (TPSA) is 69.0 Å². The zero-order valence-corrected chi connectivity index (χ0v) is 15.3. The first-order valence-electron chi connectivity index (χ1n) is 8.26. The number of pyridine rings is 1. The number of rotatable bonds is 6. The highest BCUT2D eigenvalue weighted by Crippen LogP contribution is 2.28. The van der Waals surface area contributed by atoms with Crippen molar-refractivity contribution >= 4 is 22.8 Å². The molecule has 0 saturated heterocycles. The number of aromatic nitrogens is 3. The van der Waals surface area contributed by atoms with E-state index in [1.165, 1.54) is 5.57 Å². The Morgan fingerprint density at radius 2 is 2.12 bits per heavy atom. The molecule has 0 bridgehead atoms. The second-order valence-corrected chi connectivity index (χ2v) is 6.29. The average Bonchev–Trinajstić information content (AvgIpc) is 2.85. The lowest BCUT2D eigenvalue weighted by Gasteiger charge is -2.11. The Bertz CT molecular complexity index is 771. The fourth-order valence-electron chi connectivity index (χ4n) is 2.56. The second kappa shape index (κ2) is 7.47. The molecule has 130 valence electrons. The van der Waals surface area contributed by atoms with E-state index in [-0.39, 0.29) is 11.9 Å². The van der Waals surface area contributed by atoms with Crippen molar-refractivity contribution in [2.45, 2.75) is 40.5 Å². The van der Waals surface area contributed by atoms with Gasteiger partial charge in [0.05, 0.1) is 12.3 Å². The van der Waals surface area contributed by atoms with E-state index in [2.05, 4.69) is 30.2 Å². The molecule has 6 heteroatoms. The second-order valence-electron chi connectivity index (χ2n) is 6.29. The van der Waals surface area contributed by atoms with E-state index >= 15 is 0 Å². The first-order valence-corrected chi connectivity index (χ1v) is 8.26. The molecule has 0 aromatic carbocycles. The predicted octanol–water partition coefficient (Wildman–Crippen LogP) is 3.65. The van der Waals surface area contributed by atoms with Gasteiger partial charge in [0.25, 0.3) is 0 Å². The highest BCUT2D eigenvalue weighted by atomic mass is 16.5. The number of fused-ring (bicyclic) bond motifs is 1. The summed E-state index contributed by atoms with van der Waals surface area (Å²) in [6.45, 7) is 11.0. The van der Waals surface area contributed by atoms with Gasteiger partial charge in [0.2, 0.25) is 0 Å². The van der Waals surface area contributed by atoms with Gasteiger partial charge in [-0.3, -0.25) is 0 Å². The van der Waals surface area contributed by atoms with Crippen LogP contribution >= 0.6 is 0 Å². The highest BCUT2D eigenvalue weighted by Gasteiger charge is 2.21. The Balaban J connectivity index is 2.59. The number of esters is 1. The zero-order valence-electron chi connectivity index (χ0n) is 15.3. The van der Waals surface area contributed by atoms with E-state index < -0.39 is 0 Å². The first-order chi connectivity index (χ1) is 11.4. The molecule has 2 aromatic rings. The summed E-state index contributed by atoms with van der Waals surface area (Å²) in [4.78, 5) is 21.4. The molecule has 2 rings (SSSR count). The summed E-state index contributed by atoms with van der Waals surface area (Å²) in [5.41, 5.74) is 3.76. The molecule has 0 fully saturated rings. The van der Waals surface area contributed by atoms with Crippen molar-refractivity contribution in [3.8, 4) is 0 Å². The SMILES string of the molecule is CCOC(=O)c1cnc2c(nc(C(C)C)n2C)c1NCC=C(C)C. The number of carbonyl (C=O) groups is 1.